The van der Waals surface area contributed by atoms with Crippen molar-refractivity contribution in [2.75, 3.05) is 18.0 Å². The number of hydrogen-bond acceptors (Lipinski definition) is 5. The molecule has 1 aliphatic rings. The molecule has 1 amide bonds. The van der Waals surface area contributed by atoms with Crippen LogP contribution in [-0.2, 0) is 21.4 Å². The Morgan fingerprint density at radius 1 is 0.972 bits per heavy atom. The number of hydrogen-bond donors (Lipinski definition) is 0. The first kappa shape index (κ1) is 24.6. The zero-order valence-electron chi connectivity index (χ0n) is 20.4. The maximum atomic E-state index is 13.9. The summed E-state index contributed by atoms with van der Waals surface area (Å²) in [4.78, 5) is 20.8. The lowest BCUT2D eigenvalue weighted by Crippen LogP contribution is -2.44. The number of aryl methyl sites for hydroxylation is 2. The molecule has 1 saturated heterocycles. The highest BCUT2D eigenvalue weighted by Crippen LogP contribution is 2.34. The number of sulfonamides is 1. The number of rotatable bonds is 6. The number of amides is 1. The van der Waals surface area contributed by atoms with Crippen LogP contribution in [0.2, 0.25) is 0 Å². The lowest BCUT2D eigenvalue weighted by Gasteiger charge is -2.33. The summed E-state index contributed by atoms with van der Waals surface area (Å²) in [5, 5.41) is 0.683. The van der Waals surface area contributed by atoms with Crippen LogP contribution < -0.4 is 4.90 Å². The third kappa shape index (κ3) is 4.93. The number of carbonyl (C=O) groups excluding carboxylic acids is 1. The zero-order chi connectivity index (χ0) is 25.3. The molecule has 0 spiro atoms. The summed E-state index contributed by atoms with van der Waals surface area (Å²) in [5.41, 5.74) is 4.04. The molecule has 36 heavy (non-hydrogen) atoms. The van der Waals surface area contributed by atoms with E-state index in [0.29, 0.717) is 42.5 Å². The number of thiazole rings is 1. The van der Waals surface area contributed by atoms with Crippen molar-refractivity contribution in [1.82, 2.24) is 9.29 Å². The zero-order valence-corrected chi connectivity index (χ0v) is 22.1. The molecule has 2 heterocycles. The van der Waals surface area contributed by atoms with Crippen molar-refractivity contribution in [3.8, 4) is 0 Å². The van der Waals surface area contributed by atoms with E-state index in [9.17, 15) is 13.2 Å². The second-order valence-corrected chi connectivity index (χ2v) is 12.3. The van der Waals surface area contributed by atoms with Gasteiger partial charge in [-0.3, -0.25) is 9.69 Å². The van der Waals surface area contributed by atoms with Crippen molar-refractivity contribution < 1.29 is 13.2 Å². The van der Waals surface area contributed by atoms with Gasteiger partial charge < -0.3 is 0 Å². The Hall–Kier alpha value is -3.07. The quantitative estimate of drug-likeness (QED) is 0.335. The predicted molar refractivity (Wildman–Crippen MR) is 145 cm³/mol. The molecule has 6 nitrogen and oxygen atoms in total. The topological polar surface area (TPSA) is 70.6 Å². The third-order valence-corrected chi connectivity index (χ3v) is 9.71. The summed E-state index contributed by atoms with van der Waals surface area (Å²) in [7, 11) is -3.57. The Morgan fingerprint density at radius 2 is 1.67 bits per heavy atom. The third-order valence-electron chi connectivity index (χ3n) is 6.75. The van der Waals surface area contributed by atoms with Crippen LogP contribution in [0, 0.1) is 19.8 Å². The van der Waals surface area contributed by atoms with Crippen molar-refractivity contribution in [1.29, 1.82) is 0 Å². The van der Waals surface area contributed by atoms with Crippen LogP contribution in [0.25, 0.3) is 10.2 Å². The van der Waals surface area contributed by atoms with Gasteiger partial charge in [-0.1, -0.05) is 71.5 Å². The van der Waals surface area contributed by atoms with Crippen molar-refractivity contribution in [2.24, 2.45) is 5.92 Å². The van der Waals surface area contributed by atoms with Crippen LogP contribution >= 0.6 is 11.3 Å². The molecule has 1 fully saturated rings. The molecule has 0 saturated carbocycles. The molecular weight excluding hydrogens is 490 g/mol. The maximum absolute atomic E-state index is 13.9. The molecule has 3 aromatic carbocycles. The fourth-order valence-corrected chi connectivity index (χ4v) is 7.14. The number of benzene rings is 3. The Labute approximate surface area is 216 Å². The van der Waals surface area contributed by atoms with Gasteiger partial charge >= 0.3 is 0 Å². The highest BCUT2D eigenvalue weighted by Gasteiger charge is 2.35. The summed E-state index contributed by atoms with van der Waals surface area (Å²) >= 11 is 1.52. The van der Waals surface area contributed by atoms with Gasteiger partial charge in [0, 0.05) is 19.0 Å². The number of fused-ring (bicyclic) bond motifs is 1. The second-order valence-electron chi connectivity index (χ2n) is 9.32. The Bertz CT molecular complexity index is 1470. The number of nitrogens with zero attached hydrogens (tertiary/aromatic N) is 3. The lowest BCUT2D eigenvalue weighted by molar-refractivity contribution is -0.123. The first-order valence-corrected chi connectivity index (χ1v) is 14.4. The summed E-state index contributed by atoms with van der Waals surface area (Å²) < 4.78 is 28.8. The number of anilines is 1. The van der Waals surface area contributed by atoms with E-state index in [1.54, 1.807) is 17.0 Å². The fraction of sp³-hybridized carbons (Fsp3) is 0.286. The van der Waals surface area contributed by atoms with Gasteiger partial charge in [0.2, 0.25) is 15.9 Å². The van der Waals surface area contributed by atoms with Crippen molar-refractivity contribution in [2.45, 2.75) is 38.1 Å². The largest absolute Gasteiger partial charge is 0.283 e. The highest BCUT2D eigenvalue weighted by molar-refractivity contribution is 7.89. The van der Waals surface area contributed by atoms with Crippen LogP contribution in [0.15, 0.2) is 77.7 Å². The minimum absolute atomic E-state index is 0.00273. The fourth-order valence-electron chi connectivity index (χ4n) is 4.62. The molecule has 0 atom stereocenters. The van der Waals surface area contributed by atoms with Crippen LogP contribution in [0.5, 0.6) is 0 Å². The molecule has 0 unspecified atom stereocenters. The van der Waals surface area contributed by atoms with Crippen molar-refractivity contribution in [3.63, 3.8) is 0 Å². The lowest BCUT2D eigenvalue weighted by atomic mass is 9.96. The molecular formula is C28H29N3O3S2. The Kier molecular flexibility index (Phi) is 6.92. The van der Waals surface area contributed by atoms with Crippen LogP contribution in [-0.4, -0.2) is 36.7 Å². The van der Waals surface area contributed by atoms with E-state index in [0.717, 1.165) is 26.9 Å². The molecule has 0 N–H and O–H groups in total. The average Bonchev–Trinajstić information content (AvgIpc) is 3.33. The number of para-hydroxylation sites is 1. The van der Waals surface area contributed by atoms with Gasteiger partial charge in [0.25, 0.3) is 0 Å². The minimum Gasteiger partial charge on any atom is -0.283 e. The number of aromatic nitrogens is 1. The summed E-state index contributed by atoms with van der Waals surface area (Å²) in [6.07, 6.45) is 0.971. The first-order chi connectivity index (χ1) is 17.3. The molecule has 0 bridgehead atoms. The van der Waals surface area contributed by atoms with Gasteiger partial charge in [0.15, 0.2) is 5.13 Å². The van der Waals surface area contributed by atoms with Gasteiger partial charge in [0.05, 0.1) is 21.7 Å². The summed E-state index contributed by atoms with van der Waals surface area (Å²) in [5.74, 6) is -0.255. The van der Waals surface area contributed by atoms with Gasteiger partial charge in [-0.25, -0.2) is 13.4 Å². The maximum Gasteiger partial charge on any atom is 0.243 e. The first-order valence-electron chi connectivity index (χ1n) is 12.1. The van der Waals surface area contributed by atoms with Crippen LogP contribution in [0.1, 0.15) is 29.5 Å². The molecule has 1 aromatic heterocycles. The molecule has 0 radical (unpaired) electrons. The van der Waals surface area contributed by atoms with Crippen LogP contribution in [0.3, 0.4) is 0 Å². The predicted octanol–water partition coefficient (Wildman–Crippen LogP) is 5.55. The van der Waals surface area contributed by atoms with E-state index >= 15 is 0 Å². The normalized spacial score (nSPS) is 15.3. The van der Waals surface area contributed by atoms with Gasteiger partial charge in [-0.15, -0.1) is 0 Å². The van der Waals surface area contributed by atoms with Crippen molar-refractivity contribution in [3.05, 3.63) is 89.5 Å². The second kappa shape index (κ2) is 10.1. The van der Waals surface area contributed by atoms with E-state index in [1.807, 2.05) is 74.5 Å². The monoisotopic (exact) mass is 519 g/mol. The molecule has 4 aromatic rings. The van der Waals surface area contributed by atoms with E-state index in [2.05, 4.69) is 0 Å². The molecule has 8 heteroatoms. The Balaban J connectivity index is 1.37. The summed E-state index contributed by atoms with van der Waals surface area (Å²) in [6.45, 7) is 5.04. The molecule has 5 rings (SSSR count). The standard InChI is InChI=1S/C28H29N3O3S2/c1-20-11-13-24(14-12-20)36(33,34)30-17-15-23(16-18-30)27(32)31(19-22-8-4-3-5-9-22)28-29-26-21(2)7-6-10-25(26)35-28/h3-14,23H,15-19H2,1-2H3. The van der Waals surface area contributed by atoms with E-state index < -0.39 is 10.0 Å². The van der Waals surface area contributed by atoms with E-state index in [-0.39, 0.29) is 11.8 Å². The minimum atomic E-state index is -3.57. The van der Waals surface area contributed by atoms with Gasteiger partial charge in [0.1, 0.15) is 0 Å². The van der Waals surface area contributed by atoms with Gasteiger partial charge in [-0.2, -0.15) is 4.31 Å². The van der Waals surface area contributed by atoms with E-state index in [4.69, 9.17) is 4.98 Å². The van der Waals surface area contributed by atoms with Crippen molar-refractivity contribution >= 4 is 42.6 Å². The Morgan fingerprint density at radius 3 is 2.33 bits per heavy atom. The molecule has 1 aliphatic heterocycles. The SMILES string of the molecule is Cc1ccc(S(=O)(=O)N2CCC(C(=O)N(Cc3ccccc3)c3nc4c(C)cccc4s3)CC2)cc1. The molecule has 186 valence electrons. The number of piperidine rings is 1. The highest BCUT2D eigenvalue weighted by atomic mass is 32.2. The van der Waals surface area contributed by atoms with Crippen LogP contribution in [0.4, 0.5) is 5.13 Å². The number of carbonyl (C=O) groups is 1. The average molecular weight is 520 g/mol. The van der Waals surface area contributed by atoms with E-state index in [1.165, 1.54) is 15.6 Å². The van der Waals surface area contributed by atoms with Gasteiger partial charge in [-0.05, 0) is 56.0 Å². The smallest absolute Gasteiger partial charge is 0.243 e. The molecule has 0 aliphatic carbocycles. The summed E-state index contributed by atoms with van der Waals surface area (Å²) in [6, 6.07) is 22.9.